The average molecular weight is 400 g/mol. The number of aromatic nitrogens is 1. The molecule has 0 bridgehead atoms. The Hall–Kier alpha value is -3.47. The van der Waals surface area contributed by atoms with Crippen molar-refractivity contribution in [1.29, 1.82) is 5.26 Å². The Morgan fingerprint density at radius 1 is 1.21 bits per heavy atom. The van der Waals surface area contributed by atoms with Gasteiger partial charge in [0.05, 0.1) is 34.3 Å². The van der Waals surface area contributed by atoms with Crippen LogP contribution in [-0.4, -0.2) is 27.7 Å². The summed E-state index contributed by atoms with van der Waals surface area (Å²) in [5, 5.41) is 23.6. The number of benzene rings is 2. The molecule has 29 heavy (non-hydrogen) atoms. The van der Waals surface area contributed by atoms with Gasteiger partial charge in [-0.25, -0.2) is 4.98 Å². The van der Waals surface area contributed by atoms with E-state index in [4.69, 9.17) is 0 Å². The van der Waals surface area contributed by atoms with Crippen molar-refractivity contribution in [2.24, 2.45) is 4.99 Å². The Bertz CT molecular complexity index is 1180. The molecule has 0 radical (unpaired) electrons. The van der Waals surface area contributed by atoms with E-state index in [1.165, 1.54) is 11.8 Å². The predicted octanol–water partition coefficient (Wildman–Crippen LogP) is 3.40. The molecule has 1 fully saturated rings. The quantitative estimate of drug-likeness (QED) is 0.654. The number of aliphatic hydroxyl groups excluding tert-OH is 1. The van der Waals surface area contributed by atoms with Crippen molar-refractivity contribution in [2.75, 3.05) is 6.54 Å². The van der Waals surface area contributed by atoms with Crippen molar-refractivity contribution in [2.45, 2.75) is 6.10 Å². The SMILES string of the molecule is N#Cc1cc2ccccc2nc1/C=C1\SC(=NC[C@H](O)c2ccccc2)NC1=O. The molecule has 0 aliphatic carbocycles. The standard InChI is InChI=1S/C22H16N4O2S/c23-12-16-10-15-8-4-5-9-17(15)25-18(16)11-20-21(28)26-22(29-20)24-13-19(27)14-6-2-1-3-7-14/h1-11,19,27H,13H2,(H,24,26,28)/b20-11-/t19-/m0/s1. The van der Waals surface area contributed by atoms with E-state index in [2.05, 4.69) is 21.4 Å². The number of nitriles is 1. The highest BCUT2D eigenvalue weighted by atomic mass is 32.2. The average Bonchev–Trinajstić information content (AvgIpc) is 3.11. The van der Waals surface area contributed by atoms with E-state index in [0.717, 1.165) is 16.5 Å². The number of amides is 1. The molecule has 1 aliphatic rings. The van der Waals surface area contributed by atoms with Crippen LogP contribution < -0.4 is 5.32 Å². The third-order valence-electron chi connectivity index (χ3n) is 4.38. The molecule has 1 aliphatic heterocycles. The van der Waals surface area contributed by atoms with Crippen LogP contribution in [0.4, 0.5) is 0 Å². The van der Waals surface area contributed by atoms with Gasteiger partial charge in [0.25, 0.3) is 5.91 Å². The molecular formula is C22H16N4O2S. The number of pyridine rings is 1. The number of amidine groups is 1. The minimum absolute atomic E-state index is 0.136. The minimum atomic E-state index is -0.749. The molecule has 3 aromatic rings. The number of para-hydroxylation sites is 1. The molecule has 6 nitrogen and oxygen atoms in total. The maximum Gasteiger partial charge on any atom is 0.264 e. The molecule has 7 heteroatoms. The van der Waals surface area contributed by atoms with Crippen LogP contribution in [0.3, 0.4) is 0 Å². The molecule has 0 spiro atoms. The molecule has 1 aromatic heterocycles. The number of nitrogens with one attached hydrogen (secondary N) is 1. The smallest absolute Gasteiger partial charge is 0.264 e. The Morgan fingerprint density at radius 2 is 1.97 bits per heavy atom. The van der Waals surface area contributed by atoms with Crippen LogP contribution in [-0.2, 0) is 4.79 Å². The highest BCUT2D eigenvalue weighted by Crippen LogP contribution is 2.28. The number of fused-ring (bicyclic) bond motifs is 1. The molecule has 2 aromatic carbocycles. The Balaban J connectivity index is 1.56. The summed E-state index contributed by atoms with van der Waals surface area (Å²) in [5.41, 5.74) is 2.35. The van der Waals surface area contributed by atoms with Gasteiger partial charge >= 0.3 is 0 Å². The van der Waals surface area contributed by atoms with E-state index in [1.807, 2.05) is 54.6 Å². The van der Waals surface area contributed by atoms with Crippen LogP contribution in [0, 0.1) is 11.3 Å². The van der Waals surface area contributed by atoms with Gasteiger partial charge in [-0.3, -0.25) is 9.79 Å². The van der Waals surface area contributed by atoms with E-state index in [1.54, 1.807) is 12.1 Å². The number of hydrogen-bond donors (Lipinski definition) is 2. The van der Waals surface area contributed by atoms with Gasteiger partial charge < -0.3 is 10.4 Å². The molecule has 0 saturated carbocycles. The maximum atomic E-state index is 12.3. The van der Waals surface area contributed by atoms with E-state index in [0.29, 0.717) is 21.3 Å². The number of carbonyl (C=O) groups excluding carboxylic acids is 1. The van der Waals surface area contributed by atoms with E-state index in [-0.39, 0.29) is 12.5 Å². The maximum absolute atomic E-state index is 12.3. The van der Waals surface area contributed by atoms with E-state index in [9.17, 15) is 15.2 Å². The summed E-state index contributed by atoms with van der Waals surface area (Å²) in [4.78, 5) is 21.5. The molecular weight excluding hydrogens is 384 g/mol. The highest BCUT2D eigenvalue weighted by molar-refractivity contribution is 8.18. The van der Waals surface area contributed by atoms with Gasteiger partial charge in [0.2, 0.25) is 0 Å². The molecule has 4 rings (SSSR count). The lowest BCUT2D eigenvalue weighted by Crippen LogP contribution is -2.20. The monoisotopic (exact) mass is 400 g/mol. The van der Waals surface area contributed by atoms with Crippen LogP contribution >= 0.6 is 11.8 Å². The Kier molecular flexibility index (Phi) is 5.38. The van der Waals surface area contributed by atoms with E-state index < -0.39 is 6.10 Å². The zero-order valence-corrected chi connectivity index (χ0v) is 16.1. The number of aliphatic hydroxyl groups is 1. The first-order valence-electron chi connectivity index (χ1n) is 8.92. The van der Waals surface area contributed by atoms with Gasteiger partial charge in [-0.15, -0.1) is 0 Å². The Morgan fingerprint density at radius 3 is 2.76 bits per heavy atom. The van der Waals surface area contributed by atoms with Crippen LogP contribution in [0.1, 0.15) is 22.9 Å². The third kappa shape index (κ3) is 4.19. The van der Waals surface area contributed by atoms with Crippen molar-refractivity contribution in [3.63, 3.8) is 0 Å². The second kappa shape index (κ2) is 8.27. The number of thioether (sulfide) groups is 1. The second-order valence-electron chi connectivity index (χ2n) is 6.36. The fourth-order valence-corrected chi connectivity index (χ4v) is 3.71. The number of rotatable bonds is 4. The molecule has 1 amide bonds. The summed E-state index contributed by atoms with van der Waals surface area (Å²) in [6, 6.07) is 20.6. The number of carbonyl (C=O) groups is 1. The van der Waals surface area contributed by atoms with Gasteiger partial charge in [-0.1, -0.05) is 48.5 Å². The van der Waals surface area contributed by atoms with Gasteiger partial charge in [-0.05, 0) is 35.5 Å². The largest absolute Gasteiger partial charge is 0.386 e. The van der Waals surface area contributed by atoms with Gasteiger partial charge in [0.15, 0.2) is 5.17 Å². The summed E-state index contributed by atoms with van der Waals surface area (Å²) in [6.45, 7) is 0.136. The molecule has 2 N–H and O–H groups in total. The van der Waals surface area contributed by atoms with Gasteiger partial charge in [-0.2, -0.15) is 5.26 Å². The number of aliphatic imine (C=N–C) groups is 1. The van der Waals surface area contributed by atoms with Crippen molar-refractivity contribution < 1.29 is 9.90 Å². The van der Waals surface area contributed by atoms with Crippen molar-refractivity contribution >= 4 is 39.8 Å². The fraction of sp³-hybridized carbons (Fsp3) is 0.0909. The fourth-order valence-electron chi connectivity index (χ4n) is 2.91. The third-order valence-corrected chi connectivity index (χ3v) is 5.33. The van der Waals surface area contributed by atoms with Crippen LogP contribution in [0.2, 0.25) is 0 Å². The van der Waals surface area contributed by atoms with Crippen LogP contribution in [0.25, 0.3) is 17.0 Å². The summed E-state index contributed by atoms with van der Waals surface area (Å²) < 4.78 is 0. The molecule has 2 heterocycles. The molecule has 1 saturated heterocycles. The first-order valence-corrected chi connectivity index (χ1v) is 9.74. The number of hydrogen-bond acceptors (Lipinski definition) is 6. The first kappa shape index (κ1) is 18.9. The van der Waals surface area contributed by atoms with E-state index >= 15 is 0 Å². The lowest BCUT2D eigenvalue weighted by Gasteiger charge is -2.07. The molecule has 142 valence electrons. The van der Waals surface area contributed by atoms with Crippen molar-refractivity contribution in [3.05, 3.63) is 82.4 Å². The Labute approximate surface area is 171 Å². The molecule has 1 atom stereocenters. The summed E-state index contributed by atoms with van der Waals surface area (Å²) in [7, 11) is 0. The topological polar surface area (TPSA) is 98.4 Å². The zero-order chi connectivity index (χ0) is 20.2. The summed E-state index contributed by atoms with van der Waals surface area (Å²) >= 11 is 1.17. The number of nitrogens with zero attached hydrogens (tertiary/aromatic N) is 3. The summed E-state index contributed by atoms with van der Waals surface area (Å²) in [6.07, 6.45) is 0.850. The van der Waals surface area contributed by atoms with Crippen molar-refractivity contribution in [1.82, 2.24) is 10.3 Å². The molecule has 0 unspecified atom stereocenters. The highest BCUT2D eigenvalue weighted by Gasteiger charge is 2.24. The lowest BCUT2D eigenvalue weighted by atomic mass is 10.1. The predicted molar refractivity (Wildman–Crippen MR) is 114 cm³/mol. The van der Waals surface area contributed by atoms with Crippen LogP contribution in [0.15, 0.2) is 70.6 Å². The second-order valence-corrected chi connectivity index (χ2v) is 7.39. The van der Waals surface area contributed by atoms with Gasteiger partial charge in [0, 0.05) is 5.39 Å². The summed E-state index contributed by atoms with van der Waals surface area (Å²) in [5.74, 6) is -0.304. The van der Waals surface area contributed by atoms with Gasteiger partial charge in [0.1, 0.15) is 6.07 Å². The first-order chi connectivity index (χ1) is 14.1. The zero-order valence-electron chi connectivity index (χ0n) is 15.2. The lowest BCUT2D eigenvalue weighted by molar-refractivity contribution is -0.115. The van der Waals surface area contributed by atoms with Crippen molar-refractivity contribution in [3.8, 4) is 6.07 Å². The normalized spacial score (nSPS) is 17.4. The van der Waals surface area contributed by atoms with Crippen LogP contribution in [0.5, 0.6) is 0 Å². The minimum Gasteiger partial charge on any atom is -0.386 e.